The standard InChI is InChI=1S/C14H14FNO2.ClH/c1-18-13(17)14(16)9-11(7-8-12(14)15)10-5-3-2-4-6-10;/h2-8H,9,16H2,1H3;1H. The molecule has 2 N–H and O–H groups in total. The van der Waals surface area contributed by atoms with Gasteiger partial charge >= 0.3 is 5.97 Å². The minimum atomic E-state index is -1.71. The molecule has 1 unspecified atom stereocenters. The van der Waals surface area contributed by atoms with E-state index >= 15 is 0 Å². The number of benzene rings is 1. The van der Waals surface area contributed by atoms with Gasteiger partial charge in [0.25, 0.3) is 0 Å². The number of ether oxygens (including phenoxy) is 1. The molecule has 0 amide bonds. The largest absolute Gasteiger partial charge is 0.467 e. The third kappa shape index (κ3) is 2.85. The summed E-state index contributed by atoms with van der Waals surface area (Å²) in [5, 5.41) is 0. The van der Waals surface area contributed by atoms with Crippen LogP contribution in [-0.4, -0.2) is 18.6 Å². The lowest BCUT2D eigenvalue weighted by molar-refractivity contribution is -0.146. The highest BCUT2D eigenvalue weighted by atomic mass is 35.5. The predicted molar refractivity (Wildman–Crippen MR) is 74.4 cm³/mol. The van der Waals surface area contributed by atoms with Crippen molar-refractivity contribution in [3.05, 3.63) is 53.9 Å². The SMILES string of the molecule is COC(=O)C1(N)CC(c2ccccc2)=CC=C1F.Cl. The van der Waals surface area contributed by atoms with E-state index in [4.69, 9.17) is 5.73 Å². The van der Waals surface area contributed by atoms with Crippen LogP contribution in [0.5, 0.6) is 0 Å². The number of hydrogen-bond acceptors (Lipinski definition) is 3. The molecule has 19 heavy (non-hydrogen) atoms. The molecular weight excluding hydrogens is 269 g/mol. The van der Waals surface area contributed by atoms with Gasteiger partial charge in [-0.2, -0.15) is 0 Å². The number of halogens is 2. The van der Waals surface area contributed by atoms with Crippen molar-refractivity contribution >= 4 is 23.9 Å². The molecule has 1 aliphatic carbocycles. The van der Waals surface area contributed by atoms with Gasteiger partial charge in [0.2, 0.25) is 0 Å². The molecule has 0 heterocycles. The molecule has 0 saturated carbocycles. The van der Waals surface area contributed by atoms with Crippen LogP contribution in [-0.2, 0) is 9.53 Å². The monoisotopic (exact) mass is 283 g/mol. The lowest BCUT2D eigenvalue weighted by Gasteiger charge is -2.28. The Morgan fingerprint density at radius 3 is 2.53 bits per heavy atom. The molecule has 5 heteroatoms. The van der Waals surface area contributed by atoms with Crippen LogP contribution in [0.3, 0.4) is 0 Å². The van der Waals surface area contributed by atoms with E-state index in [0.29, 0.717) is 0 Å². The zero-order valence-corrected chi connectivity index (χ0v) is 11.2. The maximum Gasteiger partial charge on any atom is 0.333 e. The molecule has 1 aromatic carbocycles. The summed E-state index contributed by atoms with van der Waals surface area (Å²) in [6.07, 6.45) is 2.95. The number of allylic oxidation sites excluding steroid dienone is 2. The van der Waals surface area contributed by atoms with Crippen molar-refractivity contribution in [3.63, 3.8) is 0 Å². The molecule has 0 aliphatic heterocycles. The second kappa shape index (κ2) is 5.99. The first-order valence-corrected chi connectivity index (χ1v) is 5.57. The van der Waals surface area contributed by atoms with Gasteiger partial charge in [0, 0.05) is 6.42 Å². The number of carbonyl (C=O) groups excluding carboxylic acids is 1. The van der Waals surface area contributed by atoms with Crippen molar-refractivity contribution in [1.29, 1.82) is 0 Å². The molecule has 1 atom stereocenters. The number of hydrogen-bond donors (Lipinski definition) is 1. The molecule has 2 rings (SSSR count). The van der Waals surface area contributed by atoms with E-state index in [1.165, 1.54) is 13.2 Å². The first kappa shape index (κ1) is 15.4. The first-order valence-electron chi connectivity index (χ1n) is 5.57. The smallest absolute Gasteiger partial charge is 0.333 e. The molecule has 102 valence electrons. The summed E-state index contributed by atoms with van der Waals surface area (Å²) in [6.45, 7) is 0. The third-order valence-corrected chi connectivity index (χ3v) is 3.02. The summed E-state index contributed by atoms with van der Waals surface area (Å²) < 4.78 is 18.3. The fraction of sp³-hybridized carbons (Fsp3) is 0.214. The number of methoxy groups -OCH3 is 1. The molecule has 0 radical (unpaired) electrons. The summed E-state index contributed by atoms with van der Waals surface area (Å²) in [5.41, 5.74) is 5.84. The van der Waals surface area contributed by atoms with E-state index in [0.717, 1.165) is 11.1 Å². The summed E-state index contributed by atoms with van der Waals surface area (Å²) in [4.78, 5) is 11.6. The van der Waals surface area contributed by atoms with Crippen LogP contribution >= 0.6 is 12.4 Å². The lowest BCUT2D eigenvalue weighted by Crippen LogP contribution is -2.50. The van der Waals surface area contributed by atoms with Gasteiger partial charge in [0.15, 0.2) is 5.54 Å². The van der Waals surface area contributed by atoms with E-state index in [1.54, 1.807) is 6.08 Å². The average molecular weight is 284 g/mol. The molecule has 0 aromatic heterocycles. The van der Waals surface area contributed by atoms with Crippen LogP contribution in [0.4, 0.5) is 4.39 Å². The normalized spacial score (nSPS) is 21.8. The van der Waals surface area contributed by atoms with Gasteiger partial charge in [-0.15, -0.1) is 12.4 Å². The Hall–Kier alpha value is -1.65. The van der Waals surface area contributed by atoms with E-state index in [2.05, 4.69) is 4.74 Å². The van der Waals surface area contributed by atoms with Gasteiger partial charge in [-0.3, -0.25) is 0 Å². The van der Waals surface area contributed by atoms with Crippen LogP contribution in [0, 0.1) is 0 Å². The van der Waals surface area contributed by atoms with Gasteiger partial charge in [-0.25, -0.2) is 9.18 Å². The summed E-state index contributed by atoms with van der Waals surface area (Å²) in [7, 11) is 1.20. The van der Waals surface area contributed by atoms with Crippen molar-refractivity contribution < 1.29 is 13.9 Å². The zero-order valence-electron chi connectivity index (χ0n) is 10.4. The minimum absolute atomic E-state index is 0. The Morgan fingerprint density at radius 1 is 1.32 bits per heavy atom. The third-order valence-electron chi connectivity index (χ3n) is 3.02. The van der Waals surface area contributed by atoms with Crippen LogP contribution in [0.2, 0.25) is 0 Å². The molecule has 1 aromatic rings. The molecule has 1 aliphatic rings. The lowest BCUT2D eigenvalue weighted by atomic mass is 9.83. The van der Waals surface area contributed by atoms with Crippen molar-refractivity contribution in [2.45, 2.75) is 12.0 Å². The molecule has 0 saturated heterocycles. The zero-order chi connectivity index (χ0) is 13.2. The van der Waals surface area contributed by atoms with E-state index in [-0.39, 0.29) is 18.8 Å². The highest BCUT2D eigenvalue weighted by Crippen LogP contribution is 2.34. The number of nitrogens with two attached hydrogens (primary N) is 1. The topological polar surface area (TPSA) is 52.3 Å². The summed E-state index contributed by atoms with van der Waals surface area (Å²) >= 11 is 0. The van der Waals surface area contributed by atoms with Crippen LogP contribution in [0.1, 0.15) is 12.0 Å². The van der Waals surface area contributed by atoms with E-state index < -0.39 is 17.3 Å². The quantitative estimate of drug-likeness (QED) is 0.849. The van der Waals surface area contributed by atoms with Gasteiger partial charge < -0.3 is 10.5 Å². The number of rotatable bonds is 2. The minimum Gasteiger partial charge on any atom is -0.467 e. The highest BCUT2D eigenvalue weighted by Gasteiger charge is 2.42. The second-order valence-corrected chi connectivity index (χ2v) is 4.21. The fourth-order valence-corrected chi connectivity index (χ4v) is 1.97. The van der Waals surface area contributed by atoms with Gasteiger partial charge in [0.1, 0.15) is 5.83 Å². The van der Waals surface area contributed by atoms with Crippen molar-refractivity contribution in [2.24, 2.45) is 5.73 Å². The number of esters is 1. The Morgan fingerprint density at radius 2 is 1.95 bits per heavy atom. The van der Waals surface area contributed by atoms with Crippen LogP contribution < -0.4 is 5.73 Å². The molecule has 0 bridgehead atoms. The summed E-state index contributed by atoms with van der Waals surface area (Å²) in [5.74, 6) is -1.44. The van der Waals surface area contributed by atoms with E-state index in [1.807, 2.05) is 30.3 Å². The van der Waals surface area contributed by atoms with Gasteiger partial charge in [0.05, 0.1) is 7.11 Å². The Balaban J connectivity index is 0.00000180. The Bertz CT molecular complexity index is 528. The highest BCUT2D eigenvalue weighted by molar-refractivity contribution is 5.89. The van der Waals surface area contributed by atoms with Crippen molar-refractivity contribution in [2.75, 3.05) is 7.11 Å². The Kier molecular flexibility index (Phi) is 4.86. The fourth-order valence-electron chi connectivity index (χ4n) is 1.97. The first-order chi connectivity index (χ1) is 8.58. The average Bonchev–Trinajstić information content (AvgIpc) is 2.42. The molecular formula is C14H15ClFNO2. The predicted octanol–water partition coefficient (Wildman–Crippen LogP) is 2.62. The Labute approximate surface area is 117 Å². The second-order valence-electron chi connectivity index (χ2n) is 4.21. The maximum atomic E-state index is 13.7. The molecule has 0 fully saturated rings. The maximum absolute atomic E-state index is 13.7. The van der Waals surface area contributed by atoms with E-state index in [9.17, 15) is 9.18 Å². The van der Waals surface area contributed by atoms with Crippen molar-refractivity contribution in [1.82, 2.24) is 0 Å². The molecule has 3 nitrogen and oxygen atoms in total. The van der Waals surface area contributed by atoms with Crippen LogP contribution in [0.15, 0.2) is 48.3 Å². The van der Waals surface area contributed by atoms with Crippen molar-refractivity contribution in [3.8, 4) is 0 Å². The van der Waals surface area contributed by atoms with Crippen LogP contribution in [0.25, 0.3) is 5.57 Å². The van der Waals surface area contributed by atoms with Gasteiger partial charge in [-0.1, -0.05) is 36.4 Å². The van der Waals surface area contributed by atoms with Gasteiger partial charge in [-0.05, 0) is 17.2 Å². The number of carbonyl (C=O) groups is 1. The molecule has 0 spiro atoms. The summed E-state index contributed by atoms with van der Waals surface area (Å²) in [6, 6.07) is 9.42.